The molecular formula is C19H26N4O. The van der Waals surface area contributed by atoms with E-state index in [9.17, 15) is 4.79 Å². The van der Waals surface area contributed by atoms with E-state index < -0.39 is 0 Å². The van der Waals surface area contributed by atoms with Crippen molar-refractivity contribution >= 4 is 11.6 Å². The van der Waals surface area contributed by atoms with Crippen LogP contribution in [0.3, 0.4) is 0 Å². The molecule has 0 radical (unpaired) electrons. The molecule has 1 aromatic heterocycles. The number of anilines is 1. The number of carbonyl (C=O) groups is 1. The summed E-state index contributed by atoms with van der Waals surface area (Å²) in [6, 6.07) is 9.96. The lowest BCUT2D eigenvalue weighted by atomic mass is 10.1. The molecule has 0 aliphatic rings. The molecule has 2 aromatic rings. The minimum absolute atomic E-state index is 0.110. The Balaban J connectivity index is 1.86. The average Bonchev–Trinajstić information content (AvgIpc) is 2.57. The molecule has 1 heterocycles. The van der Waals surface area contributed by atoms with E-state index in [0.717, 1.165) is 30.8 Å². The fourth-order valence-corrected chi connectivity index (χ4v) is 2.40. The normalized spacial score (nSPS) is 10.7. The fourth-order valence-electron chi connectivity index (χ4n) is 2.40. The highest BCUT2D eigenvalue weighted by Gasteiger charge is 2.07. The van der Waals surface area contributed by atoms with Gasteiger partial charge in [-0.3, -0.25) is 9.78 Å². The van der Waals surface area contributed by atoms with Crippen LogP contribution in [0.1, 0.15) is 27.9 Å². The van der Waals surface area contributed by atoms with E-state index in [1.807, 2.05) is 31.2 Å². The monoisotopic (exact) mass is 326 g/mol. The third-order valence-electron chi connectivity index (χ3n) is 3.65. The second-order valence-electron chi connectivity index (χ2n) is 6.22. The average molecular weight is 326 g/mol. The van der Waals surface area contributed by atoms with Gasteiger partial charge >= 0.3 is 0 Å². The van der Waals surface area contributed by atoms with Gasteiger partial charge in [0.15, 0.2) is 0 Å². The van der Waals surface area contributed by atoms with Crippen molar-refractivity contribution in [3.05, 3.63) is 59.4 Å². The van der Waals surface area contributed by atoms with Crippen LogP contribution in [-0.2, 0) is 6.54 Å². The summed E-state index contributed by atoms with van der Waals surface area (Å²) in [6.45, 7) is 4.44. The first kappa shape index (κ1) is 17.9. The van der Waals surface area contributed by atoms with Gasteiger partial charge in [0.05, 0.1) is 11.3 Å². The second-order valence-corrected chi connectivity index (χ2v) is 6.22. The standard InChI is InChI=1S/C19H26N4O/c1-15-6-4-7-16(10-15)12-22-19(24)17-11-18(14-20-13-17)21-8-5-9-23(2)3/h4,6-7,10-11,13-14,21H,5,8-9,12H2,1-3H3,(H,22,24). The van der Waals surface area contributed by atoms with Gasteiger partial charge in [0.1, 0.15) is 0 Å². The zero-order valence-electron chi connectivity index (χ0n) is 14.7. The van der Waals surface area contributed by atoms with Crippen molar-refractivity contribution in [3.63, 3.8) is 0 Å². The first-order valence-electron chi connectivity index (χ1n) is 8.22. The molecule has 0 spiro atoms. The highest BCUT2D eigenvalue weighted by molar-refractivity contribution is 5.94. The van der Waals surface area contributed by atoms with Crippen LogP contribution in [0, 0.1) is 6.92 Å². The van der Waals surface area contributed by atoms with E-state index in [1.165, 1.54) is 5.56 Å². The molecule has 0 aliphatic heterocycles. The predicted octanol–water partition coefficient (Wildman–Crippen LogP) is 2.68. The van der Waals surface area contributed by atoms with Crippen molar-refractivity contribution in [2.45, 2.75) is 19.9 Å². The van der Waals surface area contributed by atoms with E-state index in [0.29, 0.717) is 12.1 Å². The van der Waals surface area contributed by atoms with Crippen molar-refractivity contribution in [1.29, 1.82) is 0 Å². The van der Waals surface area contributed by atoms with Crippen LogP contribution < -0.4 is 10.6 Å². The van der Waals surface area contributed by atoms with E-state index >= 15 is 0 Å². The quantitative estimate of drug-likeness (QED) is 0.732. The molecule has 5 nitrogen and oxygen atoms in total. The van der Waals surface area contributed by atoms with Crippen molar-refractivity contribution in [1.82, 2.24) is 15.2 Å². The number of rotatable bonds is 8. The van der Waals surface area contributed by atoms with Gasteiger partial charge in [-0.25, -0.2) is 0 Å². The summed E-state index contributed by atoms with van der Waals surface area (Å²) in [5, 5.41) is 6.25. The summed E-state index contributed by atoms with van der Waals surface area (Å²) >= 11 is 0. The Morgan fingerprint density at radius 2 is 2.04 bits per heavy atom. The first-order chi connectivity index (χ1) is 11.5. The summed E-state index contributed by atoms with van der Waals surface area (Å²) in [5.74, 6) is -0.110. The molecule has 1 amide bonds. The van der Waals surface area contributed by atoms with Gasteiger partial charge in [0.25, 0.3) is 5.91 Å². The molecule has 128 valence electrons. The Hall–Kier alpha value is -2.40. The SMILES string of the molecule is Cc1cccc(CNC(=O)c2cncc(NCCCN(C)C)c2)c1. The molecule has 1 aromatic carbocycles. The Labute approximate surface area is 144 Å². The highest BCUT2D eigenvalue weighted by atomic mass is 16.1. The number of nitrogens with zero attached hydrogens (tertiary/aromatic N) is 2. The predicted molar refractivity (Wildman–Crippen MR) is 98.2 cm³/mol. The molecule has 0 aliphatic carbocycles. The minimum Gasteiger partial charge on any atom is -0.384 e. The number of aryl methyl sites for hydroxylation is 1. The van der Waals surface area contributed by atoms with Crippen LogP contribution >= 0.6 is 0 Å². The van der Waals surface area contributed by atoms with Crippen LogP contribution in [0.25, 0.3) is 0 Å². The van der Waals surface area contributed by atoms with Crippen LogP contribution in [-0.4, -0.2) is 43.0 Å². The summed E-state index contributed by atoms with van der Waals surface area (Å²) < 4.78 is 0. The summed E-state index contributed by atoms with van der Waals surface area (Å²) in [5.41, 5.74) is 3.72. The number of amides is 1. The van der Waals surface area contributed by atoms with Gasteiger partial charge < -0.3 is 15.5 Å². The van der Waals surface area contributed by atoms with Gasteiger partial charge in [-0.2, -0.15) is 0 Å². The van der Waals surface area contributed by atoms with Crippen molar-refractivity contribution in [2.75, 3.05) is 32.5 Å². The molecule has 0 fully saturated rings. The number of pyridine rings is 1. The molecule has 2 N–H and O–H groups in total. The molecule has 0 saturated heterocycles. The third kappa shape index (κ3) is 6.01. The van der Waals surface area contributed by atoms with Crippen molar-refractivity contribution in [2.24, 2.45) is 0 Å². The maximum atomic E-state index is 12.3. The van der Waals surface area contributed by atoms with E-state index in [2.05, 4.69) is 40.7 Å². The summed E-state index contributed by atoms with van der Waals surface area (Å²) in [6.07, 6.45) is 4.38. The number of hydrogen-bond donors (Lipinski definition) is 2. The van der Waals surface area contributed by atoms with Crippen LogP contribution in [0.15, 0.2) is 42.7 Å². The Bertz CT molecular complexity index is 670. The number of aromatic nitrogens is 1. The Kier molecular flexibility index (Phi) is 6.75. The van der Waals surface area contributed by atoms with E-state index in [-0.39, 0.29) is 5.91 Å². The second kappa shape index (κ2) is 9.03. The lowest BCUT2D eigenvalue weighted by molar-refractivity contribution is 0.0950. The molecule has 0 saturated carbocycles. The summed E-state index contributed by atoms with van der Waals surface area (Å²) in [7, 11) is 4.11. The number of nitrogens with one attached hydrogen (secondary N) is 2. The zero-order valence-corrected chi connectivity index (χ0v) is 14.7. The lowest BCUT2D eigenvalue weighted by Gasteiger charge is -2.11. The third-order valence-corrected chi connectivity index (χ3v) is 3.65. The maximum Gasteiger partial charge on any atom is 0.253 e. The van der Waals surface area contributed by atoms with Crippen molar-refractivity contribution in [3.8, 4) is 0 Å². The van der Waals surface area contributed by atoms with Crippen LogP contribution in [0.2, 0.25) is 0 Å². The van der Waals surface area contributed by atoms with Gasteiger partial charge in [-0.1, -0.05) is 29.8 Å². The Morgan fingerprint density at radius 1 is 1.21 bits per heavy atom. The summed E-state index contributed by atoms with van der Waals surface area (Å²) in [4.78, 5) is 18.6. The smallest absolute Gasteiger partial charge is 0.253 e. The minimum atomic E-state index is -0.110. The van der Waals surface area contributed by atoms with Crippen LogP contribution in [0.4, 0.5) is 5.69 Å². The zero-order chi connectivity index (χ0) is 17.4. The molecule has 2 rings (SSSR count). The maximum absolute atomic E-state index is 12.3. The van der Waals surface area contributed by atoms with Gasteiger partial charge in [0, 0.05) is 25.5 Å². The fraction of sp³-hybridized carbons (Fsp3) is 0.368. The van der Waals surface area contributed by atoms with Gasteiger partial charge in [-0.05, 0) is 45.6 Å². The molecule has 0 bridgehead atoms. The van der Waals surface area contributed by atoms with Gasteiger partial charge in [-0.15, -0.1) is 0 Å². The first-order valence-corrected chi connectivity index (χ1v) is 8.22. The Morgan fingerprint density at radius 3 is 2.79 bits per heavy atom. The number of hydrogen-bond acceptors (Lipinski definition) is 4. The molecule has 5 heteroatoms. The highest BCUT2D eigenvalue weighted by Crippen LogP contribution is 2.09. The molecular weight excluding hydrogens is 300 g/mol. The van der Waals surface area contributed by atoms with E-state index in [1.54, 1.807) is 12.4 Å². The number of benzene rings is 1. The van der Waals surface area contributed by atoms with Gasteiger partial charge in [0.2, 0.25) is 0 Å². The largest absolute Gasteiger partial charge is 0.384 e. The lowest BCUT2D eigenvalue weighted by Crippen LogP contribution is -2.23. The van der Waals surface area contributed by atoms with Crippen molar-refractivity contribution < 1.29 is 4.79 Å². The molecule has 0 unspecified atom stereocenters. The van der Waals surface area contributed by atoms with E-state index in [4.69, 9.17) is 0 Å². The van der Waals surface area contributed by atoms with Crippen LogP contribution in [0.5, 0.6) is 0 Å². The number of carbonyl (C=O) groups excluding carboxylic acids is 1. The molecule has 0 atom stereocenters. The molecule has 24 heavy (non-hydrogen) atoms. The topological polar surface area (TPSA) is 57.3 Å².